The fraction of sp³-hybridized carbons (Fsp3) is 0.300. The summed E-state index contributed by atoms with van der Waals surface area (Å²) >= 11 is 0. The summed E-state index contributed by atoms with van der Waals surface area (Å²) in [6, 6.07) is 13.1. The van der Waals surface area contributed by atoms with Gasteiger partial charge in [0.05, 0.1) is 0 Å². The smallest absolute Gasteiger partial charge is 0.358 e. The van der Waals surface area contributed by atoms with Crippen LogP contribution in [0.3, 0.4) is 0 Å². The van der Waals surface area contributed by atoms with E-state index in [-0.39, 0.29) is 33.4 Å². The van der Waals surface area contributed by atoms with Gasteiger partial charge in [0.1, 0.15) is 0 Å². The number of aryl methyl sites for hydroxylation is 6. The molecule has 0 N–H and O–H groups in total. The van der Waals surface area contributed by atoms with E-state index in [9.17, 15) is 0 Å². The maximum absolute atomic E-state index is 2.19. The summed E-state index contributed by atoms with van der Waals surface area (Å²) in [5, 5.41) is 0. The molecule has 2 rings (SSSR count). The van der Waals surface area contributed by atoms with Gasteiger partial charge in [-0.2, -0.15) is 0 Å². The molecule has 0 unspecified atom stereocenters. The third kappa shape index (κ3) is 10.4. The van der Waals surface area contributed by atoms with E-state index < -0.39 is 0 Å². The molecule has 0 aromatic heterocycles. The molecule has 0 aliphatic carbocycles. The first kappa shape index (κ1) is 25.0. The van der Waals surface area contributed by atoms with Gasteiger partial charge in [0.2, 0.25) is 0 Å². The summed E-state index contributed by atoms with van der Waals surface area (Å²) in [7, 11) is 0. The first-order valence-corrected chi connectivity index (χ1v) is 6.46. The summed E-state index contributed by atoms with van der Waals surface area (Å²) in [6.45, 7) is 12.8. The minimum Gasteiger partial charge on any atom is -0.358 e. The Labute approximate surface area is 144 Å². The molecule has 0 nitrogen and oxygen atoms in total. The molecule has 115 valence electrons. The zero-order chi connectivity index (χ0) is 13.7. The molecule has 0 saturated carbocycles. The van der Waals surface area contributed by atoms with Crippen LogP contribution in [0.15, 0.2) is 36.4 Å². The van der Waals surface area contributed by atoms with E-state index in [1.165, 1.54) is 33.4 Å². The molecule has 0 spiro atoms. The standard InChI is InChI=1S/2C9H12.2CH3.V/c2*1-7-4-8(2)6-9(3)5-7;;;/h2*4-6H,1-3H3;2*1H3;/q;;2*-1;+2. The van der Waals surface area contributed by atoms with Gasteiger partial charge in [0, 0.05) is 0 Å². The molecular formula is C20H30V. The second-order valence-corrected chi connectivity index (χ2v) is 5.33. The fourth-order valence-corrected chi connectivity index (χ4v) is 2.40. The van der Waals surface area contributed by atoms with E-state index in [0.29, 0.717) is 0 Å². The van der Waals surface area contributed by atoms with Crippen molar-refractivity contribution in [3.8, 4) is 0 Å². The molecule has 2 aromatic rings. The average Bonchev–Trinajstić information content (AvgIpc) is 2.12. The maximum atomic E-state index is 2.19. The van der Waals surface area contributed by atoms with Crippen LogP contribution >= 0.6 is 0 Å². The van der Waals surface area contributed by atoms with E-state index in [1.54, 1.807) is 0 Å². The fourth-order valence-electron chi connectivity index (χ4n) is 2.40. The molecule has 0 atom stereocenters. The summed E-state index contributed by atoms with van der Waals surface area (Å²) < 4.78 is 0. The van der Waals surface area contributed by atoms with Crippen molar-refractivity contribution in [2.24, 2.45) is 0 Å². The van der Waals surface area contributed by atoms with Gasteiger partial charge in [-0.25, -0.2) is 0 Å². The van der Waals surface area contributed by atoms with Crippen molar-refractivity contribution in [2.75, 3.05) is 0 Å². The molecule has 1 radical (unpaired) electrons. The third-order valence-corrected chi connectivity index (χ3v) is 2.73. The average molecular weight is 321 g/mol. The van der Waals surface area contributed by atoms with Crippen LogP contribution in [-0.4, -0.2) is 0 Å². The Morgan fingerprint density at radius 2 is 0.476 bits per heavy atom. The van der Waals surface area contributed by atoms with Gasteiger partial charge < -0.3 is 14.9 Å². The van der Waals surface area contributed by atoms with Crippen LogP contribution in [0.25, 0.3) is 0 Å². The van der Waals surface area contributed by atoms with Crippen molar-refractivity contribution < 1.29 is 18.6 Å². The molecule has 2 aromatic carbocycles. The molecule has 1 heteroatoms. The Balaban J connectivity index is -0.000000270. The van der Waals surface area contributed by atoms with Crippen LogP contribution in [0.2, 0.25) is 0 Å². The van der Waals surface area contributed by atoms with Crippen LogP contribution < -0.4 is 0 Å². The van der Waals surface area contributed by atoms with Crippen molar-refractivity contribution in [3.05, 3.63) is 84.6 Å². The van der Waals surface area contributed by atoms with Crippen LogP contribution in [0.1, 0.15) is 33.4 Å². The van der Waals surface area contributed by atoms with E-state index >= 15 is 0 Å². The van der Waals surface area contributed by atoms with Crippen molar-refractivity contribution in [3.63, 3.8) is 0 Å². The van der Waals surface area contributed by atoms with Crippen molar-refractivity contribution in [1.29, 1.82) is 0 Å². The largest absolute Gasteiger partial charge is 2.00 e. The van der Waals surface area contributed by atoms with E-state index in [0.717, 1.165) is 0 Å². The summed E-state index contributed by atoms with van der Waals surface area (Å²) in [5.41, 5.74) is 8.13. The van der Waals surface area contributed by atoms with Gasteiger partial charge in [0.15, 0.2) is 0 Å². The third-order valence-electron chi connectivity index (χ3n) is 2.73. The minimum atomic E-state index is 0. The number of hydrogen-bond donors (Lipinski definition) is 0. The van der Waals surface area contributed by atoms with Gasteiger partial charge in [-0.1, -0.05) is 69.8 Å². The molecular weight excluding hydrogens is 291 g/mol. The minimum absolute atomic E-state index is 0. The van der Waals surface area contributed by atoms with Crippen molar-refractivity contribution in [2.45, 2.75) is 41.5 Å². The van der Waals surface area contributed by atoms with Gasteiger partial charge in [-0.15, -0.1) is 0 Å². The van der Waals surface area contributed by atoms with Crippen LogP contribution in [0, 0.1) is 56.4 Å². The zero-order valence-corrected chi connectivity index (χ0v) is 16.3. The number of benzene rings is 2. The van der Waals surface area contributed by atoms with Crippen LogP contribution in [0.5, 0.6) is 0 Å². The van der Waals surface area contributed by atoms with Gasteiger partial charge >= 0.3 is 18.6 Å². The van der Waals surface area contributed by atoms with Crippen molar-refractivity contribution in [1.82, 2.24) is 0 Å². The predicted molar refractivity (Wildman–Crippen MR) is 94.1 cm³/mol. The Bertz CT molecular complexity index is 377. The first-order chi connectivity index (χ1) is 8.36. The molecule has 0 heterocycles. The van der Waals surface area contributed by atoms with E-state index in [1.807, 2.05) is 0 Å². The molecule has 0 fully saturated rings. The zero-order valence-electron chi connectivity index (χ0n) is 14.9. The molecule has 0 aliphatic rings. The summed E-state index contributed by atoms with van der Waals surface area (Å²) in [4.78, 5) is 0. The van der Waals surface area contributed by atoms with Gasteiger partial charge in [-0.05, 0) is 41.5 Å². The summed E-state index contributed by atoms with van der Waals surface area (Å²) in [5.74, 6) is 0. The van der Waals surface area contributed by atoms with Crippen LogP contribution in [-0.2, 0) is 18.6 Å². The first-order valence-electron chi connectivity index (χ1n) is 6.46. The predicted octanol–water partition coefficient (Wildman–Crippen LogP) is 6.12. The molecule has 0 bridgehead atoms. The van der Waals surface area contributed by atoms with Gasteiger partial charge in [-0.3, -0.25) is 0 Å². The molecule has 0 aliphatic heterocycles. The number of hydrogen-bond acceptors (Lipinski definition) is 0. The molecule has 0 saturated heterocycles. The van der Waals surface area contributed by atoms with E-state index in [2.05, 4.69) is 77.9 Å². The molecule has 21 heavy (non-hydrogen) atoms. The van der Waals surface area contributed by atoms with Gasteiger partial charge in [0.25, 0.3) is 0 Å². The Kier molecular flexibility index (Phi) is 13.9. The van der Waals surface area contributed by atoms with E-state index in [4.69, 9.17) is 0 Å². The monoisotopic (exact) mass is 321 g/mol. The van der Waals surface area contributed by atoms with Crippen LogP contribution in [0.4, 0.5) is 0 Å². The molecule has 0 amide bonds. The number of rotatable bonds is 0. The Morgan fingerprint density at radius 1 is 0.381 bits per heavy atom. The maximum Gasteiger partial charge on any atom is 2.00 e. The summed E-state index contributed by atoms with van der Waals surface area (Å²) in [6.07, 6.45) is 0. The van der Waals surface area contributed by atoms with Crippen molar-refractivity contribution >= 4 is 0 Å². The Hall–Kier alpha value is -0.976. The second kappa shape index (κ2) is 11.7. The quantitative estimate of drug-likeness (QED) is 0.513. The Morgan fingerprint density at radius 3 is 0.571 bits per heavy atom. The second-order valence-electron chi connectivity index (χ2n) is 5.33. The normalized spacial score (nSPS) is 8.29. The SMILES string of the molecule is Cc1cc(C)cc(C)c1.Cc1cc(C)cc(C)c1.[CH3-].[CH3-].[V+2]. The topological polar surface area (TPSA) is 0 Å².